The maximum Gasteiger partial charge on any atom is 0.223 e. The third kappa shape index (κ3) is 3.08. The summed E-state index contributed by atoms with van der Waals surface area (Å²) in [6.45, 7) is 1.77. The van der Waals surface area contributed by atoms with E-state index >= 15 is 0 Å². The molecule has 1 aliphatic heterocycles. The fraction of sp³-hybridized carbons (Fsp3) is 0.368. The number of likely N-dealkylation sites (tertiary alicyclic amines) is 1. The molecule has 2 aromatic heterocycles. The zero-order valence-corrected chi connectivity index (χ0v) is 14.4. The van der Waals surface area contributed by atoms with Gasteiger partial charge >= 0.3 is 0 Å². The van der Waals surface area contributed by atoms with Crippen LogP contribution in [0.2, 0.25) is 0 Å². The monoisotopic (exact) mass is 339 g/mol. The molecular formula is C19H21N3OS. The Morgan fingerprint density at radius 1 is 1.21 bits per heavy atom. The van der Waals surface area contributed by atoms with Crippen molar-refractivity contribution < 1.29 is 4.79 Å². The number of amides is 1. The van der Waals surface area contributed by atoms with Gasteiger partial charge in [0, 0.05) is 31.9 Å². The van der Waals surface area contributed by atoms with Crippen molar-refractivity contribution >= 4 is 27.5 Å². The highest BCUT2D eigenvalue weighted by molar-refractivity contribution is 7.18. The van der Waals surface area contributed by atoms with E-state index in [0.717, 1.165) is 42.9 Å². The Labute approximate surface area is 145 Å². The number of carbonyl (C=O) groups excluding carboxylic acids is 1. The van der Waals surface area contributed by atoms with Crippen LogP contribution in [0.25, 0.3) is 10.2 Å². The molecule has 0 N–H and O–H groups in total. The van der Waals surface area contributed by atoms with Crippen LogP contribution < -0.4 is 0 Å². The van der Waals surface area contributed by atoms with Crippen LogP contribution in [-0.2, 0) is 11.3 Å². The molecule has 0 saturated carbocycles. The SMILES string of the molecule is O=C(CCCn1cccc1)N1CCCC1c1nc2ccccc2s1. The van der Waals surface area contributed by atoms with Gasteiger partial charge in [-0.3, -0.25) is 4.79 Å². The molecule has 124 valence electrons. The second-order valence-corrected chi connectivity index (χ2v) is 7.35. The number of fused-ring (bicyclic) bond motifs is 1. The summed E-state index contributed by atoms with van der Waals surface area (Å²) in [6, 6.07) is 12.4. The summed E-state index contributed by atoms with van der Waals surface area (Å²) in [5.74, 6) is 0.268. The van der Waals surface area contributed by atoms with Gasteiger partial charge in [0.25, 0.3) is 0 Å². The summed E-state index contributed by atoms with van der Waals surface area (Å²) < 4.78 is 3.34. The summed E-state index contributed by atoms with van der Waals surface area (Å²) >= 11 is 1.73. The first-order chi connectivity index (χ1) is 11.8. The minimum absolute atomic E-state index is 0.168. The summed E-state index contributed by atoms with van der Waals surface area (Å²) in [5, 5.41) is 1.09. The van der Waals surface area contributed by atoms with E-state index in [1.165, 1.54) is 4.70 Å². The normalized spacial score (nSPS) is 17.7. The van der Waals surface area contributed by atoms with Crippen LogP contribution in [-0.4, -0.2) is 26.9 Å². The van der Waals surface area contributed by atoms with E-state index < -0.39 is 0 Å². The second-order valence-electron chi connectivity index (χ2n) is 6.29. The Morgan fingerprint density at radius 3 is 2.88 bits per heavy atom. The van der Waals surface area contributed by atoms with Crippen LogP contribution in [0.3, 0.4) is 0 Å². The minimum Gasteiger partial charge on any atom is -0.354 e. The maximum absolute atomic E-state index is 12.7. The van der Waals surface area contributed by atoms with E-state index in [4.69, 9.17) is 4.98 Å². The molecule has 1 saturated heterocycles. The van der Waals surface area contributed by atoms with Gasteiger partial charge in [-0.2, -0.15) is 0 Å². The molecule has 0 bridgehead atoms. The van der Waals surface area contributed by atoms with Gasteiger partial charge in [-0.15, -0.1) is 11.3 Å². The highest BCUT2D eigenvalue weighted by Gasteiger charge is 2.31. The molecular weight excluding hydrogens is 318 g/mol. The van der Waals surface area contributed by atoms with E-state index in [1.54, 1.807) is 11.3 Å². The van der Waals surface area contributed by atoms with Crippen molar-refractivity contribution in [1.82, 2.24) is 14.5 Å². The number of aromatic nitrogens is 2. The zero-order chi connectivity index (χ0) is 16.4. The number of benzene rings is 1. The van der Waals surface area contributed by atoms with E-state index in [2.05, 4.69) is 10.6 Å². The smallest absolute Gasteiger partial charge is 0.223 e. The van der Waals surface area contributed by atoms with E-state index in [9.17, 15) is 4.79 Å². The molecule has 24 heavy (non-hydrogen) atoms. The summed E-state index contributed by atoms with van der Waals surface area (Å²) in [4.78, 5) is 19.5. The number of hydrogen-bond donors (Lipinski definition) is 0. The number of rotatable bonds is 5. The molecule has 1 aromatic carbocycles. The molecule has 4 rings (SSSR count). The van der Waals surface area contributed by atoms with Crippen molar-refractivity contribution in [2.45, 2.75) is 38.3 Å². The van der Waals surface area contributed by atoms with E-state index in [1.807, 2.05) is 47.6 Å². The van der Waals surface area contributed by atoms with E-state index in [-0.39, 0.29) is 11.9 Å². The number of nitrogens with zero attached hydrogens (tertiary/aromatic N) is 3. The number of thiazole rings is 1. The van der Waals surface area contributed by atoms with Crippen LogP contribution >= 0.6 is 11.3 Å². The predicted molar refractivity (Wildman–Crippen MR) is 97.0 cm³/mol. The molecule has 0 spiro atoms. The molecule has 5 heteroatoms. The number of aryl methyl sites for hydroxylation is 1. The van der Waals surface area contributed by atoms with Gasteiger partial charge < -0.3 is 9.47 Å². The Morgan fingerprint density at radius 2 is 2.04 bits per heavy atom. The fourth-order valence-corrected chi connectivity index (χ4v) is 4.55. The summed E-state index contributed by atoms with van der Waals surface area (Å²) in [6.07, 6.45) is 7.69. The first-order valence-electron chi connectivity index (χ1n) is 8.57. The first kappa shape index (κ1) is 15.4. The molecule has 0 radical (unpaired) electrons. The van der Waals surface area contributed by atoms with Crippen molar-refractivity contribution in [1.29, 1.82) is 0 Å². The lowest BCUT2D eigenvalue weighted by atomic mass is 10.2. The van der Waals surface area contributed by atoms with Crippen molar-refractivity contribution in [3.05, 3.63) is 53.8 Å². The molecule has 0 aliphatic carbocycles. The van der Waals surface area contributed by atoms with Crippen molar-refractivity contribution in [3.63, 3.8) is 0 Å². The Hall–Kier alpha value is -2.14. The van der Waals surface area contributed by atoms with Crippen molar-refractivity contribution in [2.24, 2.45) is 0 Å². The average molecular weight is 339 g/mol. The molecule has 3 aromatic rings. The second kappa shape index (κ2) is 6.77. The van der Waals surface area contributed by atoms with Crippen LogP contribution in [0.1, 0.15) is 36.7 Å². The standard InChI is InChI=1S/C19H21N3OS/c23-18(10-6-13-21-11-3-4-12-21)22-14-5-8-16(22)19-20-15-7-1-2-9-17(15)24-19/h1-4,7,9,11-12,16H,5-6,8,10,13-14H2. The molecule has 1 atom stereocenters. The number of carbonyl (C=O) groups is 1. The van der Waals surface area contributed by atoms with Gasteiger partial charge in [-0.1, -0.05) is 12.1 Å². The lowest BCUT2D eigenvalue weighted by Crippen LogP contribution is -2.30. The first-order valence-corrected chi connectivity index (χ1v) is 9.38. The van der Waals surface area contributed by atoms with Gasteiger partial charge in [-0.05, 0) is 43.5 Å². The fourth-order valence-electron chi connectivity index (χ4n) is 3.43. The quantitative estimate of drug-likeness (QED) is 0.697. The lowest BCUT2D eigenvalue weighted by Gasteiger charge is -2.23. The van der Waals surface area contributed by atoms with Crippen molar-refractivity contribution in [3.8, 4) is 0 Å². The highest BCUT2D eigenvalue weighted by atomic mass is 32.1. The molecule has 1 unspecified atom stereocenters. The topological polar surface area (TPSA) is 38.1 Å². The van der Waals surface area contributed by atoms with Crippen LogP contribution in [0.5, 0.6) is 0 Å². The Bertz CT molecular complexity index is 791. The molecule has 1 amide bonds. The third-order valence-electron chi connectivity index (χ3n) is 4.64. The minimum atomic E-state index is 0.168. The van der Waals surface area contributed by atoms with E-state index in [0.29, 0.717) is 6.42 Å². The average Bonchev–Trinajstić information content (AvgIpc) is 3.33. The molecule has 1 fully saturated rings. The third-order valence-corrected chi connectivity index (χ3v) is 5.78. The summed E-state index contributed by atoms with van der Waals surface area (Å²) in [7, 11) is 0. The Kier molecular flexibility index (Phi) is 4.34. The zero-order valence-electron chi connectivity index (χ0n) is 13.6. The molecule has 1 aliphatic rings. The largest absolute Gasteiger partial charge is 0.354 e. The lowest BCUT2D eigenvalue weighted by molar-refractivity contribution is -0.132. The molecule has 4 nitrogen and oxygen atoms in total. The van der Waals surface area contributed by atoms with Crippen molar-refractivity contribution in [2.75, 3.05) is 6.54 Å². The van der Waals surface area contributed by atoms with Gasteiger partial charge in [0.15, 0.2) is 0 Å². The number of hydrogen-bond acceptors (Lipinski definition) is 3. The van der Waals surface area contributed by atoms with Crippen LogP contribution in [0.4, 0.5) is 0 Å². The molecule has 3 heterocycles. The predicted octanol–water partition coefficient (Wildman–Crippen LogP) is 4.24. The maximum atomic E-state index is 12.7. The van der Waals surface area contributed by atoms with Crippen LogP contribution in [0, 0.1) is 0 Å². The van der Waals surface area contributed by atoms with Gasteiger partial charge in [0.05, 0.1) is 16.3 Å². The van der Waals surface area contributed by atoms with Gasteiger partial charge in [-0.25, -0.2) is 4.98 Å². The van der Waals surface area contributed by atoms with Crippen LogP contribution in [0.15, 0.2) is 48.8 Å². The number of para-hydroxylation sites is 1. The Balaban J connectivity index is 1.42. The summed E-state index contributed by atoms with van der Waals surface area (Å²) in [5.41, 5.74) is 1.05. The van der Waals surface area contributed by atoms with Gasteiger partial charge in [0.2, 0.25) is 5.91 Å². The highest BCUT2D eigenvalue weighted by Crippen LogP contribution is 2.36. The van der Waals surface area contributed by atoms with Gasteiger partial charge in [0.1, 0.15) is 5.01 Å².